The molecule has 30 heavy (non-hydrogen) atoms. The molecule has 0 bridgehead atoms. The van der Waals surface area contributed by atoms with Gasteiger partial charge in [-0.1, -0.05) is 103 Å². The molecule has 0 aliphatic carbocycles. The Balaban J connectivity index is 1.98. The Kier molecular flexibility index (Phi) is 4.89. The van der Waals surface area contributed by atoms with Gasteiger partial charge in [-0.3, -0.25) is 0 Å². The first-order valence-corrected chi connectivity index (χ1v) is 10.7. The van der Waals surface area contributed by atoms with Gasteiger partial charge in [0.2, 0.25) is 0 Å². The first-order valence-electron chi connectivity index (χ1n) is 9.57. The molecular formula is C25H17BrClN3. The van der Waals surface area contributed by atoms with Crippen LogP contribution in [0.3, 0.4) is 0 Å². The minimum atomic E-state index is -0.642. The molecule has 0 unspecified atom stereocenters. The number of aromatic nitrogens is 3. The van der Waals surface area contributed by atoms with Crippen molar-refractivity contribution in [3.8, 4) is 0 Å². The molecule has 5 aromatic rings. The van der Waals surface area contributed by atoms with Gasteiger partial charge in [0.15, 0.2) is 5.65 Å². The highest BCUT2D eigenvalue weighted by atomic mass is 79.9. The molecule has 3 nitrogen and oxygen atoms in total. The van der Waals surface area contributed by atoms with E-state index in [2.05, 4.69) is 103 Å². The summed E-state index contributed by atoms with van der Waals surface area (Å²) in [6, 6.07) is 31.5. The number of hydrogen-bond donors (Lipinski definition) is 0. The molecule has 0 radical (unpaired) electrons. The van der Waals surface area contributed by atoms with Gasteiger partial charge in [0.1, 0.15) is 16.2 Å². The molecule has 0 N–H and O–H groups in total. The van der Waals surface area contributed by atoms with Crippen molar-refractivity contribution in [1.82, 2.24) is 14.5 Å². The lowest BCUT2D eigenvalue weighted by Gasteiger charge is -2.38. The first kappa shape index (κ1) is 19.0. The van der Waals surface area contributed by atoms with Crippen LogP contribution in [0.2, 0.25) is 5.15 Å². The molecule has 0 amide bonds. The van der Waals surface area contributed by atoms with Crippen molar-refractivity contribution in [2.75, 3.05) is 0 Å². The summed E-state index contributed by atoms with van der Waals surface area (Å²) >= 11 is 9.84. The van der Waals surface area contributed by atoms with Gasteiger partial charge >= 0.3 is 0 Å². The summed E-state index contributed by atoms with van der Waals surface area (Å²) in [5, 5.41) is 0.366. The van der Waals surface area contributed by atoms with Crippen molar-refractivity contribution in [2.45, 2.75) is 5.54 Å². The summed E-state index contributed by atoms with van der Waals surface area (Å²) < 4.78 is 3.04. The van der Waals surface area contributed by atoms with E-state index < -0.39 is 5.54 Å². The van der Waals surface area contributed by atoms with Crippen LogP contribution in [-0.2, 0) is 5.54 Å². The van der Waals surface area contributed by atoms with Gasteiger partial charge in [-0.15, -0.1) is 0 Å². The van der Waals surface area contributed by atoms with E-state index in [1.165, 1.54) is 0 Å². The van der Waals surface area contributed by atoms with E-state index in [-0.39, 0.29) is 0 Å². The smallest absolute Gasteiger partial charge is 0.161 e. The lowest BCUT2D eigenvalue weighted by Crippen LogP contribution is -2.37. The Hall–Kier alpha value is -2.95. The maximum atomic E-state index is 6.16. The van der Waals surface area contributed by atoms with Crippen molar-refractivity contribution >= 4 is 38.7 Å². The van der Waals surface area contributed by atoms with E-state index in [0.717, 1.165) is 32.3 Å². The van der Waals surface area contributed by atoms with Crippen LogP contribution < -0.4 is 0 Å². The summed E-state index contributed by atoms with van der Waals surface area (Å²) in [6.07, 6.45) is 3.65. The van der Waals surface area contributed by atoms with E-state index in [0.29, 0.717) is 5.15 Å². The van der Waals surface area contributed by atoms with Crippen LogP contribution in [0.25, 0.3) is 11.2 Å². The molecule has 2 heterocycles. The average molecular weight is 475 g/mol. The lowest BCUT2D eigenvalue weighted by molar-refractivity contribution is 0.529. The third-order valence-electron chi connectivity index (χ3n) is 5.36. The molecule has 146 valence electrons. The number of nitrogens with zero attached hydrogens (tertiary/aromatic N) is 3. The van der Waals surface area contributed by atoms with Gasteiger partial charge in [-0.2, -0.15) is 0 Å². The Bertz CT molecular complexity index is 1210. The van der Waals surface area contributed by atoms with Crippen LogP contribution in [0.1, 0.15) is 16.7 Å². The molecule has 0 atom stereocenters. The van der Waals surface area contributed by atoms with E-state index in [1.54, 1.807) is 6.20 Å². The molecular weight excluding hydrogens is 458 g/mol. The summed E-state index contributed by atoms with van der Waals surface area (Å²) in [7, 11) is 0. The zero-order chi connectivity index (χ0) is 20.6. The predicted octanol–water partition coefficient (Wildman–Crippen LogP) is 6.69. The van der Waals surface area contributed by atoms with Gasteiger partial charge in [-0.05, 0) is 32.6 Å². The Morgan fingerprint density at radius 1 is 0.733 bits per heavy atom. The number of hydrogen-bond acceptors (Lipinski definition) is 2. The van der Waals surface area contributed by atoms with Crippen LogP contribution in [0.4, 0.5) is 0 Å². The molecule has 0 fully saturated rings. The van der Waals surface area contributed by atoms with Gasteiger partial charge < -0.3 is 4.57 Å². The van der Waals surface area contributed by atoms with Crippen molar-refractivity contribution in [3.63, 3.8) is 0 Å². The fourth-order valence-electron chi connectivity index (χ4n) is 4.14. The van der Waals surface area contributed by atoms with Crippen LogP contribution >= 0.6 is 27.5 Å². The number of rotatable bonds is 4. The maximum absolute atomic E-state index is 6.16. The molecule has 5 rings (SSSR count). The zero-order valence-corrected chi connectivity index (χ0v) is 18.3. The highest BCUT2D eigenvalue weighted by Crippen LogP contribution is 2.43. The molecule has 5 heteroatoms. The fraction of sp³-hybridized carbons (Fsp3) is 0.0400. The van der Waals surface area contributed by atoms with Gasteiger partial charge in [-0.25, -0.2) is 9.97 Å². The molecule has 0 spiro atoms. The highest BCUT2D eigenvalue weighted by Gasteiger charge is 2.40. The monoisotopic (exact) mass is 473 g/mol. The van der Waals surface area contributed by atoms with Gasteiger partial charge in [0, 0.05) is 6.20 Å². The van der Waals surface area contributed by atoms with E-state index >= 15 is 0 Å². The average Bonchev–Trinajstić information content (AvgIpc) is 3.12. The van der Waals surface area contributed by atoms with Crippen LogP contribution in [-0.4, -0.2) is 14.5 Å². The van der Waals surface area contributed by atoms with Crippen molar-refractivity contribution in [1.29, 1.82) is 0 Å². The van der Waals surface area contributed by atoms with E-state index in [9.17, 15) is 0 Å². The SMILES string of the molecule is Clc1cnc2c(n1)c(Br)cn2C(c1ccccc1)(c1ccccc1)c1ccccc1. The molecule has 2 aromatic heterocycles. The van der Waals surface area contributed by atoms with Crippen molar-refractivity contribution in [2.24, 2.45) is 0 Å². The quantitative estimate of drug-likeness (QED) is 0.272. The molecule has 3 aromatic carbocycles. The second-order valence-corrected chi connectivity index (χ2v) is 8.26. The largest absolute Gasteiger partial charge is 0.311 e. The third kappa shape index (κ3) is 2.95. The van der Waals surface area contributed by atoms with Crippen molar-refractivity contribution < 1.29 is 0 Å². The molecule has 0 aliphatic rings. The number of benzene rings is 3. The summed E-state index contributed by atoms with van der Waals surface area (Å²) in [5.41, 5.74) is 4.23. The Labute approximate surface area is 188 Å². The fourth-order valence-corrected chi connectivity index (χ4v) is 4.75. The van der Waals surface area contributed by atoms with Crippen LogP contribution in [0.15, 0.2) is 108 Å². The second kappa shape index (κ2) is 7.71. The Morgan fingerprint density at radius 2 is 1.20 bits per heavy atom. The first-order chi connectivity index (χ1) is 14.7. The Morgan fingerprint density at radius 3 is 1.67 bits per heavy atom. The minimum absolute atomic E-state index is 0.366. The zero-order valence-electron chi connectivity index (χ0n) is 15.9. The van der Waals surface area contributed by atoms with E-state index in [4.69, 9.17) is 11.6 Å². The maximum Gasteiger partial charge on any atom is 0.161 e. The normalized spacial score (nSPS) is 11.7. The summed E-state index contributed by atoms with van der Waals surface area (Å²) in [6.45, 7) is 0. The van der Waals surface area contributed by atoms with Crippen molar-refractivity contribution in [3.05, 3.63) is 130 Å². The summed E-state index contributed by atoms with van der Waals surface area (Å²) in [5.74, 6) is 0. The molecule has 0 aliphatic heterocycles. The van der Waals surface area contributed by atoms with Crippen LogP contribution in [0, 0.1) is 0 Å². The third-order valence-corrected chi connectivity index (χ3v) is 6.12. The number of halogens is 2. The minimum Gasteiger partial charge on any atom is -0.311 e. The highest BCUT2D eigenvalue weighted by molar-refractivity contribution is 9.10. The lowest BCUT2D eigenvalue weighted by atomic mass is 9.76. The topological polar surface area (TPSA) is 30.7 Å². The predicted molar refractivity (Wildman–Crippen MR) is 125 cm³/mol. The van der Waals surface area contributed by atoms with Crippen LogP contribution in [0.5, 0.6) is 0 Å². The molecule has 0 saturated heterocycles. The van der Waals surface area contributed by atoms with Gasteiger partial charge in [0.05, 0.1) is 10.7 Å². The standard InChI is InChI=1S/C25H17BrClN3/c26-21-17-30(24-23(21)29-22(27)16-28-24)25(18-10-4-1-5-11-18,19-12-6-2-7-13-19)20-14-8-3-9-15-20/h1-17H. The van der Waals surface area contributed by atoms with E-state index in [1.807, 2.05) is 24.4 Å². The van der Waals surface area contributed by atoms with Gasteiger partial charge in [0.25, 0.3) is 0 Å². The summed E-state index contributed by atoms with van der Waals surface area (Å²) in [4.78, 5) is 9.21. The number of fused-ring (bicyclic) bond motifs is 1. The second-order valence-electron chi connectivity index (χ2n) is 7.02. The molecule has 0 saturated carbocycles.